The zero-order valence-electron chi connectivity index (χ0n) is 8.75. The fourth-order valence-corrected chi connectivity index (χ4v) is 3.31. The normalized spacial score (nSPS) is 11.7. The van der Waals surface area contributed by atoms with Crippen molar-refractivity contribution in [1.29, 1.82) is 0 Å². The highest BCUT2D eigenvalue weighted by atomic mass is 79.9. The molecule has 0 aliphatic heterocycles. The van der Waals surface area contributed by atoms with Crippen molar-refractivity contribution in [1.82, 2.24) is 4.72 Å². The van der Waals surface area contributed by atoms with Crippen molar-refractivity contribution in [3.8, 4) is 0 Å². The lowest BCUT2D eigenvalue weighted by Gasteiger charge is -2.08. The van der Waals surface area contributed by atoms with Crippen LogP contribution in [0.2, 0.25) is 0 Å². The second kappa shape index (κ2) is 5.09. The number of rotatable bonds is 4. The van der Waals surface area contributed by atoms with Crippen LogP contribution in [-0.2, 0) is 10.0 Å². The van der Waals surface area contributed by atoms with E-state index in [1.165, 1.54) is 0 Å². The van der Waals surface area contributed by atoms with Crippen LogP contribution < -0.4 is 4.72 Å². The Hall–Kier alpha value is -0.390. The minimum absolute atomic E-state index is 0.302. The van der Waals surface area contributed by atoms with Crippen molar-refractivity contribution < 1.29 is 8.42 Å². The molecular formula is C10H14BrNO2S. The number of hydrogen-bond acceptors (Lipinski definition) is 2. The molecule has 0 aliphatic rings. The molecule has 0 heterocycles. The fraction of sp³-hybridized carbons (Fsp3) is 0.400. The first kappa shape index (κ1) is 12.7. The average Bonchev–Trinajstić information content (AvgIpc) is 2.18. The van der Waals surface area contributed by atoms with Crippen LogP contribution in [0.25, 0.3) is 0 Å². The van der Waals surface area contributed by atoms with Crippen LogP contribution in [0.15, 0.2) is 27.6 Å². The molecule has 1 rings (SSSR count). The van der Waals surface area contributed by atoms with E-state index in [9.17, 15) is 8.42 Å². The molecule has 0 saturated heterocycles. The molecular weight excluding hydrogens is 278 g/mol. The Morgan fingerprint density at radius 2 is 2.07 bits per heavy atom. The maximum atomic E-state index is 11.8. The molecule has 0 bridgehead atoms. The monoisotopic (exact) mass is 291 g/mol. The molecule has 1 aromatic rings. The first-order chi connectivity index (χ1) is 6.97. The van der Waals surface area contributed by atoms with E-state index >= 15 is 0 Å². The molecule has 1 N–H and O–H groups in total. The summed E-state index contributed by atoms with van der Waals surface area (Å²) in [6.45, 7) is 4.25. The van der Waals surface area contributed by atoms with Crippen molar-refractivity contribution in [3.05, 3.63) is 28.2 Å². The fourth-order valence-electron chi connectivity index (χ4n) is 1.13. The van der Waals surface area contributed by atoms with E-state index in [1.807, 2.05) is 19.9 Å². The smallest absolute Gasteiger partial charge is 0.211 e. The third-order valence-corrected chi connectivity index (χ3v) is 4.37. The summed E-state index contributed by atoms with van der Waals surface area (Å²) in [7, 11) is -3.37. The average molecular weight is 292 g/mol. The maximum absolute atomic E-state index is 11.8. The second-order valence-electron chi connectivity index (χ2n) is 3.33. The van der Waals surface area contributed by atoms with Gasteiger partial charge in [-0.1, -0.05) is 13.0 Å². The summed E-state index contributed by atoms with van der Waals surface area (Å²) < 4.78 is 26.8. The zero-order chi connectivity index (χ0) is 11.5. The largest absolute Gasteiger partial charge is 0.241 e. The molecule has 1 aromatic carbocycles. The topological polar surface area (TPSA) is 46.2 Å². The van der Waals surface area contributed by atoms with Gasteiger partial charge in [0.25, 0.3) is 0 Å². The van der Waals surface area contributed by atoms with Crippen LogP contribution in [0, 0.1) is 6.92 Å². The highest BCUT2D eigenvalue weighted by Crippen LogP contribution is 2.22. The second-order valence-corrected chi connectivity index (χ2v) is 5.92. The van der Waals surface area contributed by atoms with Gasteiger partial charge in [-0.3, -0.25) is 0 Å². The lowest BCUT2D eigenvalue weighted by atomic mass is 10.2. The van der Waals surface area contributed by atoms with Crippen molar-refractivity contribution in [2.24, 2.45) is 0 Å². The number of halogens is 1. The van der Waals surface area contributed by atoms with E-state index in [-0.39, 0.29) is 0 Å². The number of hydrogen-bond donors (Lipinski definition) is 1. The number of sulfonamides is 1. The highest BCUT2D eigenvalue weighted by Gasteiger charge is 2.16. The third-order valence-electron chi connectivity index (χ3n) is 1.92. The van der Waals surface area contributed by atoms with Gasteiger partial charge in [0.15, 0.2) is 0 Å². The Morgan fingerprint density at radius 3 is 2.67 bits per heavy atom. The van der Waals surface area contributed by atoms with Gasteiger partial charge in [-0.05, 0) is 47.0 Å². The van der Waals surface area contributed by atoms with Crippen LogP contribution in [0.3, 0.4) is 0 Å². The Labute approximate surface area is 99.1 Å². The van der Waals surface area contributed by atoms with Crippen LogP contribution in [0.5, 0.6) is 0 Å². The van der Waals surface area contributed by atoms with Gasteiger partial charge in [-0.15, -0.1) is 0 Å². The van der Waals surface area contributed by atoms with Gasteiger partial charge in [0.2, 0.25) is 10.0 Å². The first-order valence-corrected chi connectivity index (χ1v) is 7.01. The van der Waals surface area contributed by atoms with E-state index < -0.39 is 10.0 Å². The van der Waals surface area contributed by atoms with E-state index in [0.717, 1.165) is 12.0 Å². The zero-order valence-corrected chi connectivity index (χ0v) is 11.2. The third kappa shape index (κ3) is 3.29. The SMILES string of the molecule is CCCNS(=O)(=O)c1cc(C)ccc1Br. The Balaban J connectivity index is 3.09. The predicted octanol–water partition coefficient (Wildman–Crippen LogP) is 2.45. The highest BCUT2D eigenvalue weighted by molar-refractivity contribution is 9.10. The minimum atomic E-state index is -3.37. The van der Waals surface area contributed by atoms with E-state index in [2.05, 4.69) is 20.7 Å². The molecule has 3 nitrogen and oxygen atoms in total. The number of nitrogens with one attached hydrogen (secondary N) is 1. The van der Waals surface area contributed by atoms with Crippen molar-refractivity contribution >= 4 is 26.0 Å². The molecule has 0 atom stereocenters. The van der Waals surface area contributed by atoms with E-state index in [0.29, 0.717) is 15.9 Å². The standard InChI is InChI=1S/C10H14BrNO2S/c1-3-6-12-15(13,14)10-7-8(2)4-5-9(10)11/h4-5,7,12H,3,6H2,1-2H3. The van der Waals surface area contributed by atoms with Gasteiger partial charge in [0, 0.05) is 11.0 Å². The molecule has 0 aliphatic carbocycles. The van der Waals surface area contributed by atoms with Crippen LogP contribution in [0.1, 0.15) is 18.9 Å². The summed E-state index contributed by atoms with van der Waals surface area (Å²) in [6, 6.07) is 5.26. The summed E-state index contributed by atoms with van der Waals surface area (Å²) in [5.74, 6) is 0. The summed E-state index contributed by atoms with van der Waals surface area (Å²) in [6.07, 6.45) is 0.780. The van der Waals surface area contributed by atoms with Crippen LogP contribution >= 0.6 is 15.9 Å². The summed E-state index contributed by atoms with van der Waals surface area (Å²) in [4.78, 5) is 0.302. The van der Waals surface area contributed by atoms with Crippen LogP contribution in [0.4, 0.5) is 0 Å². The molecule has 0 saturated carbocycles. The molecule has 0 unspecified atom stereocenters. The van der Waals surface area contributed by atoms with E-state index in [1.54, 1.807) is 12.1 Å². The predicted molar refractivity (Wildman–Crippen MR) is 64.4 cm³/mol. The summed E-state index contributed by atoms with van der Waals surface area (Å²) in [5.41, 5.74) is 0.926. The number of benzene rings is 1. The van der Waals surface area contributed by atoms with Crippen LogP contribution in [-0.4, -0.2) is 15.0 Å². The van der Waals surface area contributed by atoms with Gasteiger partial charge >= 0.3 is 0 Å². The van der Waals surface area contributed by atoms with Crippen molar-refractivity contribution in [2.45, 2.75) is 25.2 Å². The Morgan fingerprint density at radius 1 is 1.40 bits per heavy atom. The molecule has 0 radical (unpaired) electrons. The summed E-state index contributed by atoms with van der Waals surface area (Å²) in [5, 5.41) is 0. The Bertz CT molecular complexity index is 443. The summed E-state index contributed by atoms with van der Waals surface area (Å²) >= 11 is 3.24. The van der Waals surface area contributed by atoms with Gasteiger partial charge in [0.1, 0.15) is 0 Å². The van der Waals surface area contributed by atoms with Gasteiger partial charge in [0.05, 0.1) is 4.90 Å². The minimum Gasteiger partial charge on any atom is -0.211 e. The molecule has 0 aromatic heterocycles. The molecule has 0 spiro atoms. The van der Waals surface area contributed by atoms with Gasteiger partial charge < -0.3 is 0 Å². The maximum Gasteiger partial charge on any atom is 0.241 e. The molecule has 84 valence electrons. The lowest BCUT2D eigenvalue weighted by molar-refractivity contribution is 0.580. The molecule has 0 amide bonds. The number of aryl methyl sites for hydroxylation is 1. The van der Waals surface area contributed by atoms with Crippen molar-refractivity contribution in [3.63, 3.8) is 0 Å². The molecule has 0 fully saturated rings. The van der Waals surface area contributed by atoms with Crippen molar-refractivity contribution in [2.75, 3.05) is 6.54 Å². The Kier molecular flexibility index (Phi) is 4.31. The molecule has 5 heteroatoms. The molecule has 15 heavy (non-hydrogen) atoms. The lowest BCUT2D eigenvalue weighted by Crippen LogP contribution is -2.24. The quantitative estimate of drug-likeness (QED) is 0.926. The van der Waals surface area contributed by atoms with Gasteiger partial charge in [-0.25, -0.2) is 13.1 Å². The first-order valence-electron chi connectivity index (χ1n) is 4.73. The van der Waals surface area contributed by atoms with Gasteiger partial charge in [-0.2, -0.15) is 0 Å². The van der Waals surface area contributed by atoms with E-state index in [4.69, 9.17) is 0 Å².